The summed E-state index contributed by atoms with van der Waals surface area (Å²) in [6.07, 6.45) is 7.73. The third-order valence-electron chi connectivity index (χ3n) is 4.47. The lowest BCUT2D eigenvalue weighted by Crippen LogP contribution is -2.12. The molecule has 0 unspecified atom stereocenters. The van der Waals surface area contributed by atoms with E-state index in [-0.39, 0.29) is 0 Å². The zero-order valence-corrected chi connectivity index (χ0v) is 16.7. The fourth-order valence-electron chi connectivity index (χ4n) is 2.87. The molecule has 0 atom stereocenters. The van der Waals surface area contributed by atoms with Gasteiger partial charge in [0.15, 0.2) is 0 Å². The van der Waals surface area contributed by atoms with Gasteiger partial charge in [0.05, 0.1) is 19.4 Å². The molecule has 2 aromatic carbocycles. The highest BCUT2D eigenvalue weighted by Crippen LogP contribution is 2.20. The lowest BCUT2D eigenvalue weighted by atomic mass is 10.2. The van der Waals surface area contributed by atoms with E-state index < -0.39 is 0 Å². The summed E-state index contributed by atoms with van der Waals surface area (Å²) in [7, 11) is 1.63. The number of nitrogens with two attached hydrogens (primary N) is 1. The maximum absolute atomic E-state index is 6.11. The number of methoxy groups -OCH3 is 1. The molecule has 0 saturated carbocycles. The number of benzene rings is 2. The van der Waals surface area contributed by atoms with Crippen LogP contribution in [0.5, 0.6) is 11.5 Å². The van der Waals surface area contributed by atoms with Gasteiger partial charge in [0.25, 0.3) is 0 Å². The molecule has 0 aliphatic heterocycles. The highest BCUT2D eigenvalue weighted by molar-refractivity contribution is 5.99. The second-order valence-electron chi connectivity index (χ2n) is 6.64. The van der Waals surface area contributed by atoms with Crippen molar-refractivity contribution in [2.45, 2.75) is 32.2 Å². The molecule has 1 aromatic heterocycles. The number of ether oxygens (including phenoxy) is 2. The van der Waals surface area contributed by atoms with Gasteiger partial charge in [-0.05, 0) is 55.7 Å². The second-order valence-corrected chi connectivity index (χ2v) is 6.64. The molecule has 0 bridgehead atoms. The number of rotatable bonds is 11. The molecule has 3 rings (SSSR count). The van der Waals surface area contributed by atoms with E-state index in [0.29, 0.717) is 12.4 Å². The normalized spacial score (nSPS) is 11.4. The molecule has 0 saturated heterocycles. The summed E-state index contributed by atoms with van der Waals surface area (Å²) in [5.41, 5.74) is 7.72. The molecule has 0 amide bonds. The van der Waals surface area contributed by atoms with Crippen molar-refractivity contribution in [1.82, 2.24) is 14.8 Å². The van der Waals surface area contributed by atoms with E-state index in [4.69, 9.17) is 15.2 Å². The van der Waals surface area contributed by atoms with Gasteiger partial charge in [-0.1, -0.05) is 18.6 Å². The van der Waals surface area contributed by atoms with Crippen LogP contribution >= 0.6 is 0 Å². The maximum atomic E-state index is 6.11. The quantitative estimate of drug-likeness (QED) is 0.303. The number of amidine groups is 1. The number of unbranched alkanes of at least 4 members (excludes halogenated alkanes) is 3. The molecule has 0 aliphatic carbocycles. The van der Waals surface area contributed by atoms with E-state index in [9.17, 15) is 0 Å². The number of aliphatic imine (C=N–C) groups is 1. The topological polar surface area (TPSA) is 87.5 Å². The molecule has 3 aromatic rings. The summed E-state index contributed by atoms with van der Waals surface area (Å²) in [6, 6.07) is 15.2. The van der Waals surface area contributed by atoms with Gasteiger partial charge in [0.2, 0.25) is 0 Å². The summed E-state index contributed by atoms with van der Waals surface area (Å²) >= 11 is 0. The van der Waals surface area contributed by atoms with Gasteiger partial charge in [-0.3, -0.25) is 4.68 Å². The van der Waals surface area contributed by atoms with Gasteiger partial charge in [0, 0.05) is 12.1 Å². The lowest BCUT2D eigenvalue weighted by Gasteiger charge is -2.07. The molecule has 152 valence electrons. The highest BCUT2D eigenvalue weighted by atomic mass is 16.5. The summed E-state index contributed by atoms with van der Waals surface area (Å²) in [6.45, 7) is 1.62. The molecular weight excluding hydrogens is 366 g/mol. The zero-order valence-electron chi connectivity index (χ0n) is 16.7. The smallest absolute Gasteiger partial charge is 0.137 e. The number of hydrogen-bond acceptors (Lipinski definition) is 5. The van der Waals surface area contributed by atoms with E-state index in [1.165, 1.54) is 0 Å². The summed E-state index contributed by atoms with van der Waals surface area (Å²) < 4.78 is 12.9. The Kier molecular flexibility index (Phi) is 7.63. The van der Waals surface area contributed by atoms with Crippen molar-refractivity contribution < 1.29 is 9.47 Å². The zero-order chi connectivity index (χ0) is 20.3. The second kappa shape index (κ2) is 10.8. The SMILES string of the molecule is COc1cccc(C(N)=Nc2ccc(OCCCCCCn3cncn3)cc2)c1. The van der Waals surface area contributed by atoms with E-state index >= 15 is 0 Å². The van der Waals surface area contributed by atoms with Crippen LogP contribution in [0.4, 0.5) is 5.69 Å². The molecule has 29 heavy (non-hydrogen) atoms. The van der Waals surface area contributed by atoms with Gasteiger partial charge < -0.3 is 15.2 Å². The minimum absolute atomic E-state index is 0.448. The molecule has 1 heterocycles. The van der Waals surface area contributed by atoms with Crippen molar-refractivity contribution in [2.75, 3.05) is 13.7 Å². The Balaban J connectivity index is 1.39. The Morgan fingerprint density at radius 2 is 1.86 bits per heavy atom. The maximum Gasteiger partial charge on any atom is 0.137 e. The van der Waals surface area contributed by atoms with E-state index in [0.717, 1.165) is 55.0 Å². The molecule has 0 fully saturated rings. The van der Waals surface area contributed by atoms with E-state index in [1.54, 1.807) is 19.8 Å². The third-order valence-corrected chi connectivity index (χ3v) is 4.47. The van der Waals surface area contributed by atoms with Crippen molar-refractivity contribution >= 4 is 11.5 Å². The van der Waals surface area contributed by atoms with Crippen LogP contribution in [-0.2, 0) is 6.54 Å². The summed E-state index contributed by atoms with van der Waals surface area (Å²) in [5.74, 6) is 2.04. The predicted octanol–water partition coefficient (Wildman–Crippen LogP) is 3.96. The van der Waals surface area contributed by atoms with Crippen molar-refractivity contribution in [2.24, 2.45) is 10.7 Å². The lowest BCUT2D eigenvalue weighted by molar-refractivity contribution is 0.304. The molecule has 0 spiro atoms. The van der Waals surface area contributed by atoms with Gasteiger partial charge in [-0.2, -0.15) is 5.10 Å². The Bertz CT molecular complexity index is 892. The molecular formula is C22H27N5O2. The van der Waals surface area contributed by atoms with Crippen LogP contribution in [0.15, 0.2) is 66.2 Å². The minimum atomic E-state index is 0.448. The number of aromatic nitrogens is 3. The summed E-state index contributed by atoms with van der Waals surface area (Å²) in [4.78, 5) is 8.41. The average molecular weight is 393 g/mol. The average Bonchev–Trinajstić information content (AvgIpc) is 3.28. The highest BCUT2D eigenvalue weighted by Gasteiger charge is 2.02. The van der Waals surface area contributed by atoms with Crippen LogP contribution < -0.4 is 15.2 Å². The van der Waals surface area contributed by atoms with Crippen molar-refractivity contribution in [3.05, 3.63) is 66.7 Å². The summed E-state index contributed by atoms with van der Waals surface area (Å²) in [5, 5.41) is 4.10. The third kappa shape index (κ3) is 6.64. The van der Waals surface area contributed by atoms with Crippen LogP contribution in [-0.4, -0.2) is 34.3 Å². The number of aryl methyl sites for hydroxylation is 1. The first-order chi connectivity index (χ1) is 14.2. The Labute approximate surface area is 171 Å². The first kappa shape index (κ1) is 20.4. The van der Waals surface area contributed by atoms with E-state index in [2.05, 4.69) is 15.1 Å². The Hall–Kier alpha value is -3.35. The number of nitrogens with zero attached hydrogens (tertiary/aromatic N) is 4. The molecule has 2 N–H and O–H groups in total. The van der Waals surface area contributed by atoms with Crippen molar-refractivity contribution in [1.29, 1.82) is 0 Å². The minimum Gasteiger partial charge on any atom is -0.497 e. The first-order valence-corrected chi connectivity index (χ1v) is 9.78. The predicted molar refractivity (Wildman–Crippen MR) is 114 cm³/mol. The van der Waals surface area contributed by atoms with Gasteiger partial charge in [-0.25, -0.2) is 9.98 Å². The molecule has 7 heteroatoms. The monoisotopic (exact) mass is 393 g/mol. The largest absolute Gasteiger partial charge is 0.497 e. The van der Waals surface area contributed by atoms with E-state index in [1.807, 2.05) is 53.2 Å². The first-order valence-electron chi connectivity index (χ1n) is 9.78. The van der Waals surface area contributed by atoms with Crippen LogP contribution in [0.2, 0.25) is 0 Å². The van der Waals surface area contributed by atoms with Crippen LogP contribution in [0.25, 0.3) is 0 Å². The molecule has 0 radical (unpaired) electrons. The van der Waals surface area contributed by atoms with Crippen LogP contribution in [0.3, 0.4) is 0 Å². The molecule has 0 aliphatic rings. The van der Waals surface area contributed by atoms with Crippen LogP contribution in [0, 0.1) is 0 Å². The molecule has 7 nitrogen and oxygen atoms in total. The van der Waals surface area contributed by atoms with Gasteiger partial charge in [0.1, 0.15) is 30.0 Å². The Morgan fingerprint density at radius 1 is 1.03 bits per heavy atom. The fourth-order valence-corrected chi connectivity index (χ4v) is 2.87. The number of hydrogen-bond donors (Lipinski definition) is 1. The fraction of sp³-hybridized carbons (Fsp3) is 0.318. The van der Waals surface area contributed by atoms with Gasteiger partial charge >= 0.3 is 0 Å². The van der Waals surface area contributed by atoms with Crippen molar-refractivity contribution in [3.63, 3.8) is 0 Å². The van der Waals surface area contributed by atoms with Gasteiger partial charge in [-0.15, -0.1) is 0 Å². The standard InChI is InChI=1S/C22H27N5O2/c1-28-21-8-6-7-18(15-21)22(23)26-19-9-11-20(12-10-19)29-14-5-3-2-4-13-27-17-24-16-25-27/h6-12,15-17H,2-5,13-14H2,1H3,(H2,23,26). The van der Waals surface area contributed by atoms with Crippen molar-refractivity contribution in [3.8, 4) is 11.5 Å². The van der Waals surface area contributed by atoms with Crippen LogP contribution in [0.1, 0.15) is 31.2 Å². The Morgan fingerprint density at radius 3 is 2.62 bits per heavy atom.